The van der Waals surface area contributed by atoms with Gasteiger partial charge in [-0.15, -0.1) is 0 Å². The molecular formula is C10H19N2NaO2S2. The third-order valence-electron chi connectivity index (χ3n) is 2.62. The van der Waals surface area contributed by atoms with Crippen molar-refractivity contribution in [3.63, 3.8) is 0 Å². The Morgan fingerprint density at radius 2 is 1.65 bits per heavy atom. The first kappa shape index (κ1) is 19.7. The van der Waals surface area contributed by atoms with Crippen LogP contribution in [0.15, 0.2) is 0 Å². The van der Waals surface area contributed by atoms with E-state index in [1.807, 2.05) is 0 Å². The van der Waals surface area contributed by atoms with Gasteiger partial charge in [0.25, 0.3) is 5.17 Å². The van der Waals surface area contributed by atoms with Crippen LogP contribution in [0.1, 0.15) is 39.0 Å². The van der Waals surface area contributed by atoms with E-state index in [-0.39, 0.29) is 40.8 Å². The summed E-state index contributed by atoms with van der Waals surface area (Å²) in [6, 6.07) is 0. The molecule has 1 fully saturated rings. The molecule has 1 rings (SSSR count). The fourth-order valence-corrected chi connectivity index (χ4v) is 2.03. The second-order valence-electron chi connectivity index (χ2n) is 3.86. The van der Waals surface area contributed by atoms with E-state index in [2.05, 4.69) is 24.9 Å². The van der Waals surface area contributed by atoms with Crippen LogP contribution in [0.2, 0.25) is 0 Å². The molecule has 1 unspecified atom stereocenters. The van der Waals surface area contributed by atoms with E-state index in [1.54, 1.807) is 0 Å². The maximum Gasteiger partial charge on any atom is 1.00 e. The Hall–Kier alpha value is 0.380. The molecule has 1 atom stereocenters. The van der Waals surface area contributed by atoms with E-state index in [0.717, 1.165) is 0 Å². The third-order valence-corrected chi connectivity index (χ3v) is 2.71. The van der Waals surface area contributed by atoms with Gasteiger partial charge in [-0.3, -0.25) is 0 Å². The zero-order chi connectivity index (χ0) is 12.6. The van der Waals surface area contributed by atoms with E-state index in [1.165, 1.54) is 32.1 Å². The minimum Gasteiger partial charge on any atom is -0.852 e. The molecule has 17 heavy (non-hydrogen) atoms. The molecule has 0 radical (unpaired) electrons. The summed E-state index contributed by atoms with van der Waals surface area (Å²) < 4.78 is 5.30. The molecule has 0 aliphatic heterocycles. The van der Waals surface area contributed by atoms with E-state index in [4.69, 9.17) is 27.8 Å². The van der Waals surface area contributed by atoms with Crippen molar-refractivity contribution in [3.8, 4) is 0 Å². The van der Waals surface area contributed by atoms with Gasteiger partial charge in [0.2, 0.25) is 0 Å². The van der Waals surface area contributed by atoms with Crippen LogP contribution in [0, 0.1) is 5.92 Å². The number of hydrogen-bond acceptors (Lipinski definition) is 4. The molecule has 0 heterocycles. The van der Waals surface area contributed by atoms with Crippen molar-refractivity contribution >= 4 is 34.8 Å². The Balaban J connectivity index is 0. The van der Waals surface area contributed by atoms with Gasteiger partial charge in [-0.2, -0.15) is 0 Å². The molecule has 0 aromatic carbocycles. The number of hydrogen-bond donors (Lipinski definition) is 2. The van der Waals surface area contributed by atoms with Gasteiger partial charge in [0.15, 0.2) is 0 Å². The molecule has 1 aliphatic rings. The molecule has 0 aromatic rings. The van der Waals surface area contributed by atoms with Crippen LogP contribution in [0.3, 0.4) is 0 Å². The van der Waals surface area contributed by atoms with E-state index < -0.39 is 5.17 Å². The fourth-order valence-electron chi connectivity index (χ4n) is 1.88. The number of rotatable bonds is 2. The van der Waals surface area contributed by atoms with Crippen LogP contribution in [0.25, 0.3) is 0 Å². The Bertz CT molecular complexity index is 232. The third kappa shape index (κ3) is 12.6. The number of ether oxygens (including phenoxy) is 1. The quantitative estimate of drug-likeness (QED) is 0.443. The average molecular weight is 286 g/mol. The zero-order valence-electron chi connectivity index (χ0n) is 10.5. The van der Waals surface area contributed by atoms with Gasteiger partial charge < -0.3 is 21.3 Å². The van der Waals surface area contributed by atoms with Crippen molar-refractivity contribution in [2.45, 2.75) is 45.1 Å². The minimum atomic E-state index is -0.750. The van der Waals surface area contributed by atoms with Gasteiger partial charge in [0.05, 0.1) is 0 Å². The van der Waals surface area contributed by atoms with Gasteiger partial charge in [0.1, 0.15) is 6.10 Å². The second kappa shape index (κ2) is 11.5. The van der Waals surface area contributed by atoms with Crippen LogP contribution in [0.4, 0.5) is 0 Å². The predicted molar refractivity (Wildman–Crippen MR) is 70.7 cm³/mol. The first-order valence-corrected chi connectivity index (χ1v) is 6.17. The van der Waals surface area contributed by atoms with Crippen LogP contribution in [0.5, 0.6) is 0 Å². The Labute approximate surface area is 136 Å². The minimum absolute atomic E-state index is 0. The molecule has 4 N–H and O–H groups in total. The predicted octanol–water partition coefficient (Wildman–Crippen LogP) is -2.19. The van der Waals surface area contributed by atoms with Crippen molar-refractivity contribution in [1.82, 2.24) is 0 Å². The Morgan fingerprint density at radius 3 is 2.00 bits per heavy atom. The van der Waals surface area contributed by atoms with Crippen LogP contribution in [-0.4, -0.2) is 16.5 Å². The SMILES string of the molecule is CC(OC(N)=S)C1CCCCC1.NC([O-])=S.[Na+]. The van der Waals surface area contributed by atoms with E-state index in [0.29, 0.717) is 5.92 Å². The van der Waals surface area contributed by atoms with Gasteiger partial charge >= 0.3 is 29.6 Å². The van der Waals surface area contributed by atoms with E-state index in [9.17, 15) is 0 Å². The average Bonchev–Trinajstić information content (AvgIpc) is 2.17. The summed E-state index contributed by atoms with van der Waals surface area (Å²) in [5, 5.41) is 8.48. The molecule has 0 bridgehead atoms. The molecule has 1 saturated carbocycles. The van der Waals surface area contributed by atoms with Crippen molar-refractivity contribution in [2.75, 3.05) is 0 Å². The largest absolute Gasteiger partial charge is 1.00 e. The van der Waals surface area contributed by atoms with Crippen LogP contribution in [-0.2, 0) is 4.74 Å². The number of thiocarbonyl (C=S) groups is 2. The smallest absolute Gasteiger partial charge is 0.852 e. The van der Waals surface area contributed by atoms with Crippen LogP contribution < -0.4 is 46.1 Å². The summed E-state index contributed by atoms with van der Waals surface area (Å²) in [4.78, 5) is 0. The summed E-state index contributed by atoms with van der Waals surface area (Å²) >= 11 is 8.46. The molecule has 4 nitrogen and oxygen atoms in total. The molecule has 1 aliphatic carbocycles. The van der Waals surface area contributed by atoms with E-state index >= 15 is 0 Å². The summed E-state index contributed by atoms with van der Waals surface area (Å²) in [5.74, 6) is 0.667. The standard InChI is InChI=1S/C9H17NOS.CH3NOS.Na/c1-7(11-9(10)12)8-5-3-2-4-6-8;2-1(3)4;/h7-8H,2-6H2,1H3,(H2,10,12);(H3,2,3,4);/q;;+1/p-1. The molecule has 0 amide bonds. The summed E-state index contributed by atoms with van der Waals surface area (Å²) in [6.07, 6.45) is 6.78. The normalized spacial score (nSPS) is 16.8. The summed E-state index contributed by atoms with van der Waals surface area (Å²) in [6.45, 7) is 2.06. The monoisotopic (exact) mass is 286 g/mol. The second-order valence-corrected chi connectivity index (χ2v) is 4.66. The van der Waals surface area contributed by atoms with Crippen molar-refractivity contribution in [1.29, 1.82) is 0 Å². The van der Waals surface area contributed by atoms with Gasteiger partial charge in [-0.05, 0) is 37.9 Å². The van der Waals surface area contributed by atoms with Crippen molar-refractivity contribution in [3.05, 3.63) is 0 Å². The molecule has 0 aromatic heterocycles. The van der Waals surface area contributed by atoms with Gasteiger partial charge in [0, 0.05) is 5.17 Å². The van der Waals surface area contributed by atoms with Crippen molar-refractivity contribution < 1.29 is 39.4 Å². The number of nitrogens with two attached hydrogens (primary N) is 2. The van der Waals surface area contributed by atoms with Gasteiger partial charge in [-0.1, -0.05) is 31.5 Å². The Morgan fingerprint density at radius 1 is 1.24 bits per heavy atom. The summed E-state index contributed by atoms with van der Waals surface area (Å²) in [5.41, 5.74) is 9.60. The van der Waals surface area contributed by atoms with Crippen LogP contribution >= 0.6 is 24.4 Å². The van der Waals surface area contributed by atoms with Gasteiger partial charge in [-0.25, -0.2) is 0 Å². The molecular weight excluding hydrogens is 267 g/mol. The Kier molecular flexibility index (Phi) is 13.3. The molecule has 94 valence electrons. The maximum atomic E-state index is 9.04. The molecule has 0 spiro atoms. The zero-order valence-corrected chi connectivity index (χ0v) is 14.1. The fraction of sp³-hybridized carbons (Fsp3) is 0.800. The molecule has 7 heteroatoms. The topological polar surface area (TPSA) is 84.3 Å². The summed E-state index contributed by atoms with van der Waals surface area (Å²) in [7, 11) is 0. The first-order chi connectivity index (χ1) is 7.43. The maximum absolute atomic E-state index is 9.04. The molecule has 0 saturated heterocycles. The first-order valence-electron chi connectivity index (χ1n) is 5.36. The van der Waals surface area contributed by atoms with Crippen molar-refractivity contribution in [2.24, 2.45) is 17.4 Å².